The van der Waals surface area contributed by atoms with Gasteiger partial charge in [0.2, 0.25) is 0 Å². The molecule has 0 spiro atoms. The summed E-state index contributed by atoms with van der Waals surface area (Å²) < 4.78 is 7.60. The second-order valence-corrected chi connectivity index (χ2v) is 7.74. The Morgan fingerprint density at radius 2 is 2.03 bits per heavy atom. The highest BCUT2D eigenvalue weighted by Crippen LogP contribution is 2.29. The van der Waals surface area contributed by atoms with E-state index in [1.54, 1.807) is 32.7 Å². The van der Waals surface area contributed by atoms with Crippen LogP contribution < -0.4 is 4.74 Å². The Kier molecular flexibility index (Phi) is 4.82. The molecule has 4 aromatic rings. The first kappa shape index (κ1) is 19.2. The highest BCUT2D eigenvalue weighted by atomic mass is 16.5. The molecule has 8 nitrogen and oxygen atoms in total. The first-order valence-electron chi connectivity index (χ1n) is 10.2. The number of rotatable bonds is 5. The molecular weight excluding hydrogens is 392 g/mol. The van der Waals surface area contributed by atoms with Crippen molar-refractivity contribution < 1.29 is 9.53 Å². The number of pyridine rings is 1. The fourth-order valence-electron chi connectivity index (χ4n) is 3.94. The lowest BCUT2D eigenvalue weighted by Crippen LogP contribution is -2.22. The fraction of sp³-hybridized carbons (Fsp3) is 0.261. The summed E-state index contributed by atoms with van der Waals surface area (Å²) in [5, 5.41) is 8.41. The molecule has 1 aromatic carbocycles. The molecule has 1 amide bonds. The Morgan fingerprint density at radius 3 is 2.84 bits per heavy atom. The number of hydrogen-bond acceptors (Lipinski definition) is 6. The standard InChI is InChI=1S/C23H22N6O2/c1-28(2)23(30)19-8-6-16(12-24-19)18-13-25-21(29-14-26-27-22(18)29)9-7-15-4-3-5-20-17(15)10-11-31-20/h3-6,8,12-14H,7,9-11H2,1-2H3. The largest absolute Gasteiger partial charge is 0.493 e. The summed E-state index contributed by atoms with van der Waals surface area (Å²) in [6, 6.07) is 9.82. The first-order chi connectivity index (χ1) is 15.1. The van der Waals surface area contributed by atoms with E-state index in [0.717, 1.165) is 54.2 Å². The lowest BCUT2D eigenvalue weighted by Gasteiger charge is -2.11. The summed E-state index contributed by atoms with van der Waals surface area (Å²) in [5.41, 5.74) is 5.39. The minimum atomic E-state index is -0.134. The topological polar surface area (TPSA) is 85.5 Å². The summed E-state index contributed by atoms with van der Waals surface area (Å²) in [7, 11) is 3.41. The van der Waals surface area contributed by atoms with Crippen LogP contribution in [0.1, 0.15) is 27.4 Å². The smallest absolute Gasteiger partial charge is 0.271 e. The van der Waals surface area contributed by atoms with Crippen LogP contribution in [0.15, 0.2) is 49.1 Å². The summed E-state index contributed by atoms with van der Waals surface area (Å²) in [6.45, 7) is 0.752. The van der Waals surface area contributed by atoms with Gasteiger partial charge in [-0.1, -0.05) is 18.2 Å². The van der Waals surface area contributed by atoms with Crippen molar-refractivity contribution in [3.05, 3.63) is 71.7 Å². The van der Waals surface area contributed by atoms with E-state index in [0.29, 0.717) is 5.69 Å². The van der Waals surface area contributed by atoms with Crippen molar-refractivity contribution in [1.82, 2.24) is 29.5 Å². The van der Waals surface area contributed by atoms with Gasteiger partial charge in [-0.2, -0.15) is 0 Å². The van der Waals surface area contributed by atoms with Crippen molar-refractivity contribution in [2.45, 2.75) is 19.3 Å². The number of fused-ring (bicyclic) bond motifs is 2. The van der Waals surface area contributed by atoms with Crippen molar-refractivity contribution >= 4 is 11.6 Å². The predicted octanol–water partition coefficient (Wildman–Crippen LogP) is 2.61. The Balaban J connectivity index is 1.42. The van der Waals surface area contributed by atoms with Crippen molar-refractivity contribution in [1.29, 1.82) is 0 Å². The number of benzene rings is 1. The van der Waals surface area contributed by atoms with Crippen LogP contribution in [-0.2, 0) is 19.3 Å². The Morgan fingerprint density at radius 1 is 1.13 bits per heavy atom. The highest BCUT2D eigenvalue weighted by molar-refractivity contribution is 5.92. The monoisotopic (exact) mass is 414 g/mol. The minimum absolute atomic E-state index is 0.134. The average molecular weight is 414 g/mol. The zero-order valence-corrected chi connectivity index (χ0v) is 17.4. The second-order valence-electron chi connectivity index (χ2n) is 7.74. The zero-order chi connectivity index (χ0) is 21.4. The van der Waals surface area contributed by atoms with E-state index in [1.165, 1.54) is 16.0 Å². The molecule has 1 aliphatic heterocycles. The molecular formula is C23H22N6O2. The zero-order valence-electron chi connectivity index (χ0n) is 17.4. The lowest BCUT2D eigenvalue weighted by atomic mass is 10.0. The van der Waals surface area contributed by atoms with Gasteiger partial charge in [0.25, 0.3) is 5.91 Å². The van der Waals surface area contributed by atoms with E-state index in [-0.39, 0.29) is 5.91 Å². The molecule has 5 rings (SSSR count). The Hall–Kier alpha value is -3.81. The van der Waals surface area contributed by atoms with E-state index in [1.807, 2.05) is 28.8 Å². The summed E-state index contributed by atoms with van der Waals surface area (Å²) >= 11 is 0. The van der Waals surface area contributed by atoms with Crippen LogP contribution in [-0.4, -0.2) is 56.1 Å². The molecule has 8 heteroatoms. The number of amides is 1. The molecule has 0 aliphatic carbocycles. The second kappa shape index (κ2) is 7.79. The van der Waals surface area contributed by atoms with Crippen LogP contribution in [0.25, 0.3) is 16.8 Å². The van der Waals surface area contributed by atoms with Gasteiger partial charge in [-0.15, -0.1) is 10.2 Å². The number of nitrogens with zero attached hydrogens (tertiary/aromatic N) is 6. The van der Waals surface area contributed by atoms with E-state index >= 15 is 0 Å². The normalized spacial score (nSPS) is 12.6. The van der Waals surface area contributed by atoms with Gasteiger partial charge in [0, 0.05) is 56.0 Å². The van der Waals surface area contributed by atoms with Gasteiger partial charge >= 0.3 is 0 Å². The third-order valence-corrected chi connectivity index (χ3v) is 5.57. The van der Waals surface area contributed by atoms with Gasteiger partial charge in [0.1, 0.15) is 23.6 Å². The van der Waals surface area contributed by atoms with Crippen LogP contribution in [0.3, 0.4) is 0 Å². The Labute approximate surface area is 179 Å². The molecule has 0 saturated heterocycles. The third-order valence-electron chi connectivity index (χ3n) is 5.57. The molecule has 0 radical (unpaired) electrons. The molecule has 1 aliphatic rings. The predicted molar refractivity (Wildman–Crippen MR) is 115 cm³/mol. The van der Waals surface area contributed by atoms with Gasteiger partial charge in [0.15, 0.2) is 5.65 Å². The van der Waals surface area contributed by atoms with Crippen molar-refractivity contribution in [2.24, 2.45) is 0 Å². The number of aryl methyl sites for hydroxylation is 2. The molecule has 0 N–H and O–H groups in total. The minimum Gasteiger partial charge on any atom is -0.493 e. The van der Waals surface area contributed by atoms with Crippen molar-refractivity contribution in [2.75, 3.05) is 20.7 Å². The maximum atomic E-state index is 12.1. The van der Waals surface area contributed by atoms with Gasteiger partial charge < -0.3 is 9.64 Å². The summed E-state index contributed by atoms with van der Waals surface area (Å²) in [6.07, 6.45) is 7.77. The number of carbonyl (C=O) groups is 1. The van der Waals surface area contributed by atoms with E-state index in [9.17, 15) is 4.79 Å². The van der Waals surface area contributed by atoms with E-state index < -0.39 is 0 Å². The van der Waals surface area contributed by atoms with Crippen LogP contribution >= 0.6 is 0 Å². The van der Waals surface area contributed by atoms with Gasteiger partial charge in [-0.3, -0.25) is 14.2 Å². The molecule has 0 unspecified atom stereocenters. The maximum Gasteiger partial charge on any atom is 0.271 e. The molecule has 0 atom stereocenters. The molecule has 0 fully saturated rings. The number of hydrogen-bond donors (Lipinski definition) is 0. The maximum absolute atomic E-state index is 12.1. The quantitative estimate of drug-likeness (QED) is 0.499. The van der Waals surface area contributed by atoms with Crippen molar-refractivity contribution in [3.8, 4) is 16.9 Å². The number of aromatic nitrogens is 5. The molecule has 3 aromatic heterocycles. The molecule has 0 bridgehead atoms. The van der Waals surface area contributed by atoms with Crippen LogP contribution in [0.2, 0.25) is 0 Å². The van der Waals surface area contributed by atoms with E-state index in [4.69, 9.17) is 9.72 Å². The summed E-state index contributed by atoms with van der Waals surface area (Å²) in [5.74, 6) is 1.76. The molecule has 31 heavy (non-hydrogen) atoms. The molecule has 0 saturated carbocycles. The van der Waals surface area contributed by atoms with Gasteiger partial charge in [-0.25, -0.2) is 4.98 Å². The Bertz CT molecular complexity index is 1260. The van der Waals surface area contributed by atoms with Gasteiger partial charge in [0.05, 0.1) is 6.61 Å². The SMILES string of the molecule is CN(C)C(=O)c1ccc(-c2cnc(CCc3cccc4c3CCO4)n3cnnc23)cn1. The number of ether oxygens (including phenoxy) is 1. The lowest BCUT2D eigenvalue weighted by molar-refractivity contribution is 0.0822. The van der Waals surface area contributed by atoms with E-state index in [2.05, 4.69) is 21.2 Å². The average Bonchev–Trinajstić information content (AvgIpc) is 3.47. The van der Waals surface area contributed by atoms with Crippen molar-refractivity contribution in [3.63, 3.8) is 0 Å². The third kappa shape index (κ3) is 3.50. The first-order valence-corrected chi connectivity index (χ1v) is 10.2. The number of carbonyl (C=O) groups excluding carboxylic acids is 1. The summed E-state index contributed by atoms with van der Waals surface area (Å²) in [4.78, 5) is 22.6. The van der Waals surface area contributed by atoms with Gasteiger partial charge in [-0.05, 0) is 24.1 Å². The van der Waals surface area contributed by atoms with Crippen LogP contribution in [0.4, 0.5) is 0 Å². The van der Waals surface area contributed by atoms with Crippen LogP contribution in [0.5, 0.6) is 5.75 Å². The molecule has 156 valence electrons. The highest BCUT2D eigenvalue weighted by Gasteiger charge is 2.17. The fourth-order valence-corrected chi connectivity index (χ4v) is 3.94. The van der Waals surface area contributed by atoms with Crippen LogP contribution in [0, 0.1) is 0 Å². The molecule has 4 heterocycles.